The van der Waals surface area contributed by atoms with Crippen LogP contribution in [0.2, 0.25) is 6.55 Å². The van der Waals surface area contributed by atoms with E-state index in [9.17, 15) is 0 Å². The summed E-state index contributed by atoms with van der Waals surface area (Å²) in [5, 5.41) is 0. The van der Waals surface area contributed by atoms with Crippen LogP contribution in [0, 0.1) is 0 Å². The average Bonchev–Trinajstić information content (AvgIpc) is 2.40. The minimum Gasteiger partial charge on any atom is -0.417 e. The van der Waals surface area contributed by atoms with E-state index in [2.05, 4.69) is 61.1 Å². The highest BCUT2D eigenvalue weighted by atomic mass is 28.2. The fraction of sp³-hybridized carbons (Fsp3) is 0.200. The second-order valence-electron chi connectivity index (χ2n) is 4.04. The van der Waals surface area contributed by atoms with Gasteiger partial charge in [0.05, 0.1) is 6.10 Å². The van der Waals surface area contributed by atoms with Gasteiger partial charge in [-0.2, -0.15) is 0 Å². The van der Waals surface area contributed by atoms with Crippen molar-refractivity contribution < 1.29 is 4.43 Å². The molecule has 1 atom stereocenters. The van der Waals surface area contributed by atoms with Crippen LogP contribution < -0.4 is 0 Å². The van der Waals surface area contributed by atoms with Gasteiger partial charge in [-0.05, 0) is 11.1 Å². The quantitative estimate of drug-likeness (QED) is 0.732. The third kappa shape index (κ3) is 3.55. The summed E-state index contributed by atoms with van der Waals surface area (Å²) >= 11 is 0. The van der Waals surface area contributed by atoms with E-state index in [1.54, 1.807) is 0 Å². The maximum absolute atomic E-state index is 5.97. The Hall–Kier alpha value is -1.38. The molecule has 2 aromatic rings. The van der Waals surface area contributed by atoms with Crippen molar-refractivity contribution in [3.05, 3.63) is 71.8 Å². The molecule has 0 bridgehead atoms. The van der Waals surface area contributed by atoms with E-state index in [0.29, 0.717) is 0 Å². The van der Waals surface area contributed by atoms with Crippen molar-refractivity contribution in [1.29, 1.82) is 0 Å². The summed E-state index contributed by atoms with van der Waals surface area (Å²) in [6, 6.07) is 21.1. The number of rotatable bonds is 5. The van der Waals surface area contributed by atoms with Gasteiger partial charge in [0, 0.05) is 6.42 Å². The standard InChI is InChI=1S/C15H18OSi/c1-17-16-15(14-10-6-3-7-11-14)12-13-8-4-2-5-9-13/h2-11,15H,12,17H2,1H3. The fourth-order valence-electron chi connectivity index (χ4n) is 1.97. The van der Waals surface area contributed by atoms with Crippen LogP contribution in [0.1, 0.15) is 17.2 Å². The van der Waals surface area contributed by atoms with E-state index in [4.69, 9.17) is 4.43 Å². The van der Waals surface area contributed by atoms with Gasteiger partial charge in [-0.3, -0.25) is 0 Å². The predicted octanol–water partition coefficient (Wildman–Crippen LogP) is 3.12. The number of hydrogen-bond donors (Lipinski definition) is 0. The summed E-state index contributed by atoms with van der Waals surface area (Å²) in [7, 11) is -0.393. The first-order chi connectivity index (χ1) is 8.40. The summed E-state index contributed by atoms with van der Waals surface area (Å²) in [6.45, 7) is 2.18. The molecule has 0 spiro atoms. The van der Waals surface area contributed by atoms with Crippen LogP contribution >= 0.6 is 0 Å². The molecule has 0 radical (unpaired) electrons. The number of benzene rings is 2. The summed E-state index contributed by atoms with van der Waals surface area (Å²) in [6.07, 6.45) is 1.18. The predicted molar refractivity (Wildman–Crippen MR) is 74.8 cm³/mol. The normalized spacial score (nSPS) is 13.0. The Morgan fingerprint density at radius 1 is 0.941 bits per heavy atom. The molecule has 0 fully saturated rings. The molecule has 2 aromatic carbocycles. The Morgan fingerprint density at radius 3 is 2.12 bits per heavy atom. The van der Waals surface area contributed by atoms with Crippen LogP contribution in [0.25, 0.3) is 0 Å². The van der Waals surface area contributed by atoms with Crippen molar-refractivity contribution in [3.63, 3.8) is 0 Å². The van der Waals surface area contributed by atoms with Gasteiger partial charge in [0.2, 0.25) is 0 Å². The fourth-order valence-corrected chi connectivity index (χ4v) is 2.68. The Balaban J connectivity index is 2.13. The van der Waals surface area contributed by atoms with Crippen molar-refractivity contribution in [2.75, 3.05) is 0 Å². The average molecular weight is 242 g/mol. The van der Waals surface area contributed by atoms with Crippen molar-refractivity contribution in [2.24, 2.45) is 0 Å². The van der Waals surface area contributed by atoms with Gasteiger partial charge in [0.1, 0.15) is 0 Å². The molecule has 0 aliphatic heterocycles. The lowest BCUT2D eigenvalue weighted by atomic mass is 10.0. The zero-order chi connectivity index (χ0) is 11.9. The van der Waals surface area contributed by atoms with Gasteiger partial charge in [0.15, 0.2) is 9.76 Å². The van der Waals surface area contributed by atoms with E-state index < -0.39 is 9.76 Å². The van der Waals surface area contributed by atoms with Crippen molar-refractivity contribution in [3.8, 4) is 0 Å². The van der Waals surface area contributed by atoms with Gasteiger partial charge in [-0.15, -0.1) is 0 Å². The van der Waals surface area contributed by atoms with Crippen LogP contribution in [0.4, 0.5) is 0 Å². The van der Waals surface area contributed by atoms with Crippen molar-refractivity contribution >= 4 is 9.76 Å². The highest BCUT2D eigenvalue weighted by Gasteiger charge is 2.11. The third-order valence-corrected chi connectivity index (χ3v) is 3.54. The molecular weight excluding hydrogens is 224 g/mol. The Kier molecular flexibility index (Phi) is 4.53. The Labute approximate surface area is 105 Å². The highest BCUT2D eigenvalue weighted by Crippen LogP contribution is 2.21. The summed E-state index contributed by atoms with van der Waals surface area (Å²) < 4.78 is 5.97. The summed E-state index contributed by atoms with van der Waals surface area (Å²) in [5.74, 6) is 0. The maximum Gasteiger partial charge on any atom is 0.159 e. The molecular formula is C15H18OSi. The van der Waals surface area contributed by atoms with Crippen LogP contribution in [0.5, 0.6) is 0 Å². The van der Waals surface area contributed by atoms with Crippen LogP contribution in [0.3, 0.4) is 0 Å². The molecule has 0 saturated carbocycles. The molecule has 2 rings (SSSR count). The zero-order valence-electron chi connectivity index (χ0n) is 10.2. The molecule has 1 nitrogen and oxygen atoms in total. The van der Waals surface area contributed by atoms with Gasteiger partial charge in [-0.25, -0.2) is 0 Å². The summed E-state index contributed by atoms with van der Waals surface area (Å²) in [5.41, 5.74) is 2.62. The van der Waals surface area contributed by atoms with Crippen LogP contribution in [-0.2, 0) is 10.8 Å². The minimum absolute atomic E-state index is 0.218. The van der Waals surface area contributed by atoms with E-state index in [1.807, 2.05) is 6.07 Å². The smallest absolute Gasteiger partial charge is 0.159 e. The van der Waals surface area contributed by atoms with Crippen molar-refractivity contribution in [1.82, 2.24) is 0 Å². The van der Waals surface area contributed by atoms with Gasteiger partial charge in [-0.1, -0.05) is 67.2 Å². The molecule has 2 heteroatoms. The minimum atomic E-state index is -0.393. The molecule has 0 N–H and O–H groups in total. The Morgan fingerprint density at radius 2 is 1.53 bits per heavy atom. The lowest BCUT2D eigenvalue weighted by Crippen LogP contribution is -2.09. The summed E-state index contributed by atoms with van der Waals surface area (Å²) in [4.78, 5) is 0. The third-order valence-electron chi connectivity index (χ3n) is 2.80. The van der Waals surface area contributed by atoms with Gasteiger partial charge >= 0.3 is 0 Å². The second-order valence-corrected chi connectivity index (χ2v) is 4.96. The molecule has 0 amide bonds. The van der Waals surface area contributed by atoms with Crippen LogP contribution in [-0.4, -0.2) is 9.76 Å². The van der Waals surface area contributed by atoms with Gasteiger partial charge < -0.3 is 4.43 Å². The molecule has 0 saturated heterocycles. The first kappa shape index (κ1) is 12.1. The number of hydrogen-bond acceptors (Lipinski definition) is 1. The van der Waals surface area contributed by atoms with Gasteiger partial charge in [0.25, 0.3) is 0 Å². The molecule has 88 valence electrons. The molecule has 0 aliphatic carbocycles. The topological polar surface area (TPSA) is 9.23 Å². The first-order valence-electron chi connectivity index (χ1n) is 6.10. The molecule has 0 aliphatic rings. The van der Waals surface area contributed by atoms with Crippen LogP contribution in [0.15, 0.2) is 60.7 Å². The van der Waals surface area contributed by atoms with E-state index in [-0.39, 0.29) is 6.10 Å². The first-order valence-corrected chi connectivity index (χ1v) is 8.09. The molecule has 0 heterocycles. The monoisotopic (exact) mass is 242 g/mol. The lowest BCUT2D eigenvalue weighted by Gasteiger charge is -2.18. The molecule has 1 unspecified atom stereocenters. The van der Waals surface area contributed by atoms with E-state index in [1.165, 1.54) is 11.1 Å². The van der Waals surface area contributed by atoms with E-state index in [0.717, 1.165) is 6.42 Å². The maximum atomic E-state index is 5.97. The molecule has 0 aromatic heterocycles. The lowest BCUT2D eigenvalue weighted by molar-refractivity contribution is 0.219. The SMILES string of the molecule is C[SiH2]OC(Cc1ccccc1)c1ccccc1. The van der Waals surface area contributed by atoms with E-state index >= 15 is 0 Å². The zero-order valence-corrected chi connectivity index (χ0v) is 11.6. The molecule has 17 heavy (non-hydrogen) atoms. The second kappa shape index (κ2) is 6.38. The highest BCUT2D eigenvalue weighted by molar-refractivity contribution is 6.24. The largest absolute Gasteiger partial charge is 0.417 e. The van der Waals surface area contributed by atoms with Crippen molar-refractivity contribution in [2.45, 2.75) is 19.1 Å². The Bertz CT molecular complexity index is 427.